The van der Waals surface area contributed by atoms with Crippen LogP contribution in [0.15, 0.2) is 54.6 Å². The van der Waals surface area contributed by atoms with Gasteiger partial charge in [-0.3, -0.25) is 9.59 Å². The van der Waals surface area contributed by atoms with Crippen molar-refractivity contribution < 1.29 is 19.1 Å². The summed E-state index contributed by atoms with van der Waals surface area (Å²) in [6, 6.07) is 17.1. The van der Waals surface area contributed by atoms with E-state index in [1.165, 1.54) is 5.56 Å². The third-order valence-electron chi connectivity index (χ3n) is 7.38. The molecule has 0 spiro atoms. The zero-order chi connectivity index (χ0) is 29.4. The molecule has 0 saturated carbocycles. The van der Waals surface area contributed by atoms with E-state index in [4.69, 9.17) is 9.72 Å². The molecule has 3 aromatic rings. The Morgan fingerprint density at radius 1 is 0.878 bits per heavy atom. The highest BCUT2D eigenvalue weighted by Crippen LogP contribution is 2.24. The molecule has 1 fully saturated rings. The standard InChI is InChI=1S/C33H40N4O4/c1-5-8-13-24-16-18-26(19-17-24)31(38)37-21-20-36(22-23(37)4)32(39)29-28(33(40)41-7-3)27(12-6-2)34-30(35-29)25-14-10-9-11-15-25/h9-11,14-19,23H,5-8,12-13,20-22H2,1-4H3. The van der Waals surface area contributed by atoms with Crippen molar-refractivity contribution in [3.8, 4) is 11.4 Å². The van der Waals surface area contributed by atoms with E-state index in [9.17, 15) is 14.4 Å². The van der Waals surface area contributed by atoms with Gasteiger partial charge in [-0.1, -0.05) is 69.2 Å². The highest BCUT2D eigenvalue weighted by molar-refractivity contribution is 6.05. The summed E-state index contributed by atoms with van der Waals surface area (Å²) in [6.45, 7) is 9.06. The molecule has 2 heterocycles. The Bertz CT molecular complexity index is 1360. The Morgan fingerprint density at radius 3 is 2.24 bits per heavy atom. The van der Waals surface area contributed by atoms with Crippen molar-refractivity contribution in [1.29, 1.82) is 0 Å². The highest BCUT2D eigenvalue weighted by Gasteiger charge is 2.34. The van der Waals surface area contributed by atoms with Crippen LogP contribution < -0.4 is 0 Å². The van der Waals surface area contributed by atoms with Gasteiger partial charge in [0.1, 0.15) is 11.3 Å². The molecule has 41 heavy (non-hydrogen) atoms. The molecule has 1 aliphatic heterocycles. The van der Waals surface area contributed by atoms with Crippen LogP contribution in [0, 0.1) is 0 Å². The number of hydrogen-bond donors (Lipinski definition) is 0. The summed E-state index contributed by atoms with van der Waals surface area (Å²) in [5.74, 6) is -0.598. The van der Waals surface area contributed by atoms with Crippen molar-refractivity contribution >= 4 is 17.8 Å². The van der Waals surface area contributed by atoms with E-state index in [2.05, 4.69) is 11.9 Å². The minimum Gasteiger partial charge on any atom is -0.462 e. The van der Waals surface area contributed by atoms with Crippen molar-refractivity contribution in [1.82, 2.24) is 19.8 Å². The molecule has 1 aromatic heterocycles. The lowest BCUT2D eigenvalue weighted by Gasteiger charge is -2.40. The van der Waals surface area contributed by atoms with Gasteiger partial charge in [-0.25, -0.2) is 14.8 Å². The van der Waals surface area contributed by atoms with Crippen LogP contribution in [-0.2, 0) is 17.6 Å². The predicted octanol–water partition coefficient (Wildman–Crippen LogP) is 5.60. The van der Waals surface area contributed by atoms with Crippen LogP contribution in [0.25, 0.3) is 11.4 Å². The van der Waals surface area contributed by atoms with Crippen molar-refractivity contribution in [2.24, 2.45) is 0 Å². The van der Waals surface area contributed by atoms with Gasteiger partial charge in [0.25, 0.3) is 11.8 Å². The lowest BCUT2D eigenvalue weighted by molar-refractivity contribution is 0.0406. The predicted molar refractivity (Wildman–Crippen MR) is 159 cm³/mol. The fourth-order valence-corrected chi connectivity index (χ4v) is 5.17. The summed E-state index contributed by atoms with van der Waals surface area (Å²) in [5, 5.41) is 0. The fraction of sp³-hybridized carbons (Fsp3) is 0.424. The molecule has 0 radical (unpaired) electrons. The van der Waals surface area contributed by atoms with Crippen LogP contribution in [0.1, 0.15) is 89.4 Å². The number of ether oxygens (including phenoxy) is 1. The molecule has 1 atom stereocenters. The molecular formula is C33H40N4O4. The second-order valence-corrected chi connectivity index (χ2v) is 10.5. The Balaban J connectivity index is 1.60. The number of hydrogen-bond acceptors (Lipinski definition) is 6. The normalized spacial score (nSPS) is 15.1. The molecular weight excluding hydrogens is 516 g/mol. The van der Waals surface area contributed by atoms with E-state index >= 15 is 0 Å². The minimum atomic E-state index is -0.594. The van der Waals surface area contributed by atoms with Gasteiger partial charge in [0, 0.05) is 36.8 Å². The van der Waals surface area contributed by atoms with Gasteiger partial charge < -0.3 is 14.5 Å². The molecule has 0 aliphatic carbocycles. The molecule has 1 saturated heterocycles. The molecule has 8 nitrogen and oxygen atoms in total. The number of piperazine rings is 1. The maximum absolute atomic E-state index is 14.0. The molecule has 1 aliphatic rings. The van der Waals surface area contributed by atoms with Gasteiger partial charge in [-0.15, -0.1) is 0 Å². The molecule has 1 unspecified atom stereocenters. The highest BCUT2D eigenvalue weighted by atomic mass is 16.5. The first-order chi connectivity index (χ1) is 19.9. The van der Waals surface area contributed by atoms with Gasteiger partial charge >= 0.3 is 5.97 Å². The van der Waals surface area contributed by atoms with Gasteiger partial charge in [0.15, 0.2) is 5.82 Å². The SMILES string of the molecule is CCCCc1ccc(C(=O)N2CCN(C(=O)c3nc(-c4ccccc4)nc(CCC)c3C(=O)OCC)CC2C)cc1. The van der Waals surface area contributed by atoms with Crippen molar-refractivity contribution in [2.75, 3.05) is 26.2 Å². The first-order valence-corrected chi connectivity index (χ1v) is 14.7. The zero-order valence-corrected chi connectivity index (χ0v) is 24.6. The Hall–Kier alpha value is -4.07. The quantitative estimate of drug-likeness (QED) is 0.302. The fourth-order valence-electron chi connectivity index (χ4n) is 5.17. The van der Waals surface area contributed by atoms with Crippen molar-refractivity contribution in [3.63, 3.8) is 0 Å². The van der Waals surface area contributed by atoms with E-state index in [-0.39, 0.29) is 35.7 Å². The number of esters is 1. The second kappa shape index (κ2) is 14.0. The summed E-state index contributed by atoms with van der Waals surface area (Å²) in [7, 11) is 0. The van der Waals surface area contributed by atoms with Crippen molar-refractivity contribution in [2.45, 2.75) is 65.8 Å². The number of benzene rings is 2. The summed E-state index contributed by atoms with van der Waals surface area (Å²) < 4.78 is 5.34. The van der Waals surface area contributed by atoms with E-state index < -0.39 is 5.97 Å². The molecule has 216 valence electrons. The van der Waals surface area contributed by atoms with E-state index in [0.29, 0.717) is 43.1 Å². The third kappa shape index (κ3) is 6.99. The lowest BCUT2D eigenvalue weighted by atomic mass is 10.0. The monoisotopic (exact) mass is 556 g/mol. The number of amides is 2. The molecule has 0 bridgehead atoms. The number of rotatable bonds is 10. The van der Waals surface area contributed by atoms with Crippen LogP contribution in [-0.4, -0.2) is 69.8 Å². The summed E-state index contributed by atoms with van der Waals surface area (Å²) in [6.07, 6.45) is 4.50. The number of carbonyl (C=O) groups excluding carboxylic acids is 3. The maximum atomic E-state index is 14.0. The van der Waals surface area contributed by atoms with Crippen LogP contribution in [0.5, 0.6) is 0 Å². The van der Waals surface area contributed by atoms with Gasteiger partial charge in [0.2, 0.25) is 0 Å². The number of unbranched alkanes of at least 4 members (excludes halogenated alkanes) is 1. The van der Waals surface area contributed by atoms with E-state index in [1.54, 1.807) is 11.8 Å². The van der Waals surface area contributed by atoms with Crippen LogP contribution in [0.3, 0.4) is 0 Å². The van der Waals surface area contributed by atoms with Gasteiger partial charge in [-0.2, -0.15) is 0 Å². The van der Waals surface area contributed by atoms with Gasteiger partial charge in [0.05, 0.1) is 12.3 Å². The Kier molecular flexibility index (Phi) is 10.2. The smallest absolute Gasteiger partial charge is 0.342 e. The van der Waals surface area contributed by atoms with Crippen molar-refractivity contribution in [3.05, 3.63) is 82.7 Å². The summed E-state index contributed by atoms with van der Waals surface area (Å²) in [5.41, 5.74) is 3.33. The number of nitrogens with zero attached hydrogens (tertiary/aromatic N) is 4. The molecule has 8 heteroatoms. The molecule has 2 aromatic carbocycles. The first kappa shape index (κ1) is 29.9. The summed E-state index contributed by atoms with van der Waals surface area (Å²) in [4.78, 5) is 53.3. The van der Waals surface area contributed by atoms with Gasteiger partial charge in [-0.05, 0) is 50.8 Å². The Labute approximate surface area is 242 Å². The van der Waals surface area contributed by atoms with Crippen LogP contribution in [0.4, 0.5) is 0 Å². The lowest BCUT2D eigenvalue weighted by Crippen LogP contribution is -2.55. The molecule has 2 amide bonds. The minimum absolute atomic E-state index is 0.0440. The largest absolute Gasteiger partial charge is 0.462 e. The van der Waals surface area contributed by atoms with Crippen LogP contribution in [0.2, 0.25) is 0 Å². The van der Waals surface area contributed by atoms with E-state index in [0.717, 1.165) is 31.2 Å². The Morgan fingerprint density at radius 2 is 1.61 bits per heavy atom. The zero-order valence-electron chi connectivity index (χ0n) is 24.6. The average molecular weight is 557 g/mol. The topological polar surface area (TPSA) is 92.7 Å². The molecule has 0 N–H and O–H groups in total. The maximum Gasteiger partial charge on any atom is 0.342 e. The van der Waals surface area contributed by atoms with E-state index in [1.807, 2.05) is 73.3 Å². The first-order valence-electron chi connectivity index (χ1n) is 14.7. The summed E-state index contributed by atoms with van der Waals surface area (Å²) >= 11 is 0. The number of aromatic nitrogens is 2. The number of aryl methyl sites for hydroxylation is 2. The third-order valence-corrected chi connectivity index (χ3v) is 7.38. The second-order valence-electron chi connectivity index (χ2n) is 10.5. The molecule has 4 rings (SSSR count). The van der Waals surface area contributed by atoms with Crippen LogP contribution >= 0.6 is 0 Å². The average Bonchev–Trinajstić information content (AvgIpc) is 3.00. The number of carbonyl (C=O) groups is 3.